The molecule has 0 unspecified atom stereocenters. The molecule has 0 saturated carbocycles. The minimum atomic E-state index is 0.755. The molecule has 0 saturated heterocycles. The average molecular weight is 409 g/mol. The summed E-state index contributed by atoms with van der Waals surface area (Å²) in [6.07, 6.45) is 5.49. The number of hydrogen-bond acceptors (Lipinski definition) is 4. The summed E-state index contributed by atoms with van der Waals surface area (Å²) in [6.45, 7) is 5.00. The maximum atomic E-state index is 6.10. The van der Waals surface area contributed by atoms with Crippen molar-refractivity contribution in [3.05, 3.63) is 87.3 Å². The van der Waals surface area contributed by atoms with E-state index in [0.29, 0.717) is 0 Å². The van der Waals surface area contributed by atoms with E-state index in [4.69, 9.17) is 21.6 Å². The van der Waals surface area contributed by atoms with E-state index in [1.54, 1.807) is 6.20 Å². The van der Waals surface area contributed by atoms with Crippen LogP contribution in [-0.2, 0) is 19.4 Å². The summed E-state index contributed by atoms with van der Waals surface area (Å²) < 4.78 is 2.68. The molecule has 0 fully saturated rings. The first kappa shape index (κ1) is 18.8. The van der Waals surface area contributed by atoms with Crippen LogP contribution in [0.25, 0.3) is 10.7 Å². The van der Waals surface area contributed by atoms with Crippen molar-refractivity contribution in [2.24, 2.45) is 0 Å². The summed E-state index contributed by atoms with van der Waals surface area (Å²) >= 11 is 7.61. The highest BCUT2D eigenvalue weighted by Gasteiger charge is 2.13. The van der Waals surface area contributed by atoms with E-state index in [-0.39, 0.29) is 0 Å². The average Bonchev–Trinajstić information content (AvgIpc) is 3.35. The molecule has 142 valence electrons. The molecule has 0 N–H and O–H groups in total. The Kier molecular flexibility index (Phi) is 5.55. The molecule has 4 nitrogen and oxygen atoms in total. The summed E-state index contributed by atoms with van der Waals surface area (Å²) in [4.78, 5) is 10.6. The number of aryl methyl sites for hydroxylation is 1. The van der Waals surface area contributed by atoms with Crippen LogP contribution >= 0.6 is 22.9 Å². The van der Waals surface area contributed by atoms with Gasteiger partial charge in [-0.1, -0.05) is 42.8 Å². The van der Waals surface area contributed by atoms with E-state index in [1.165, 1.54) is 28.0 Å². The summed E-state index contributed by atoms with van der Waals surface area (Å²) in [5, 5.41) is 4.27. The van der Waals surface area contributed by atoms with Crippen molar-refractivity contribution in [2.45, 2.75) is 33.2 Å². The van der Waals surface area contributed by atoms with Crippen molar-refractivity contribution in [3.8, 4) is 10.7 Å². The van der Waals surface area contributed by atoms with Gasteiger partial charge >= 0.3 is 0 Å². The van der Waals surface area contributed by atoms with Gasteiger partial charge in [-0.15, -0.1) is 11.3 Å². The number of benzene rings is 1. The van der Waals surface area contributed by atoms with Crippen molar-refractivity contribution in [1.29, 1.82) is 0 Å². The summed E-state index contributed by atoms with van der Waals surface area (Å²) in [5.41, 5.74) is 5.84. The molecule has 3 heterocycles. The van der Waals surface area contributed by atoms with Crippen molar-refractivity contribution >= 4 is 22.9 Å². The van der Waals surface area contributed by atoms with Gasteiger partial charge in [0.15, 0.2) is 5.82 Å². The van der Waals surface area contributed by atoms with Crippen molar-refractivity contribution in [2.75, 3.05) is 0 Å². The zero-order valence-corrected chi connectivity index (χ0v) is 17.5. The third-order valence-corrected chi connectivity index (χ3v) is 5.97. The third kappa shape index (κ3) is 4.16. The lowest BCUT2D eigenvalue weighted by molar-refractivity contribution is 0.686. The minimum Gasteiger partial charge on any atom is -0.268 e. The Labute approximate surface area is 173 Å². The van der Waals surface area contributed by atoms with Crippen molar-refractivity contribution in [3.63, 3.8) is 0 Å². The molecule has 0 aliphatic carbocycles. The first-order valence-electron chi connectivity index (χ1n) is 9.29. The Bertz CT molecular complexity index is 1070. The minimum absolute atomic E-state index is 0.755. The van der Waals surface area contributed by atoms with Gasteiger partial charge in [0.25, 0.3) is 0 Å². The van der Waals surface area contributed by atoms with E-state index < -0.39 is 0 Å². The van der Waals surface area contributed by atoms with Gasteiger partial charge in [-0.3, -0.25) is 4.68 Å². The topological polar surface area (TPSA) is 43.6 Å². The molecule has 4 rings (SSSR count). The number of aromatic nitrogens is 4. The van der Waals surface area contributed by atoms with Crippen molar-refractivity contribution < 1.29 is 0 Å². The zero-order chi connectivity index (χ0) is 19.5. The smallest absolute Gasteiger partial charge is 0.169 e. The molecular formula is C22H21ClN4S. The first-order valence-corrected chi connectivity index (χ1v) is 10.5. The van der Waals surface area contributed by atoms with Gasteiger partial charge in [-0.2, -0.15) is 5.10 Å². The second kappa shape index (κ2) is 8.25. The lowest BCUT2D eigenvalue weighted by Gasteiger charge is -2.12. The fraction of sp³-hybridized carbons (Fsp3) is 0.227. The predicted molar refractivity (Wildman–Crippen MR) is 115 cm³/mol. The van der Waals surface area contributed by atoms with E-state index >= 15 is 0 Å². The van der Waals surface area contributed by atoms with E-state index in [9.17, 15) is 0 Å². The van der Waals surface area contributed by atoms with Gasteiger partial charge in [0, 0.05) is 24.5 Å². The van der Waals surface area contributed by atoms with Crippen LogP contribution in [0.3, 0.4) is 0 Å². The van der Waals surface area contributed by atoms with Gasteiger partial charge in [0.2, 0.25) is 0 Å². The molecule has 3 aromatic heterocycles. The van der Waals surface area contributed by atoms with Gasteiger partial charge in [-0.05, 0) is 48.2 Å². The molecule has 4 aromatic rings. The Morgan fingerprint density at radius 2 is 1.82 bits per heavy atom. The third-order valence-electron chi connectivity index (χ3n) is 4.74. The van der Waals surface area contributed by atoms with Crippen LogP contribution in [0.15, 0.2) is 54.9 Å². The number of nitrogens with zero attached hydrogens (tertiary/aromatic N) is 4. The number of thiophene rings is 1. The molecule has 0 aliphatic heterocycles. The molecular weight excluding hydrogens is 388 g/mol. The molecule has 6 heteroatoms. The van der Waals surface area contributed by atoms with Gasteiger partial charge < -0.3 is 0 Å². The Hall–Kier alpha value is -2.50. The SMILES string of the molecule is CCc1c(C)nc(-c2ccc(Cl)s2)nc1Cc1ccc(Cn2cccn2)cc1. The van der Waals surface area contributed by atoms with Crippen LogP contribution in [0.2, 0.25) is 4.34 Å². The summed E-state index contributed by atoms with van der Waals surface area (Å²) in [6, 6.07) is 14.5. The second-order valence-corrected chi connectivity index (χ2v) is 8.43. The fourth-order valence-corrected chi connectivity index (χ4v) is 4.32. The van der Waals surface area contributed by atoms with E-state index in [0.717, 1.165) is 45.8 Å². The molecule has 0 radical (unpaired) electrons. The number of rotatable bonds is 6. The Balaban J connectivity index is 1.60. The zero-order valence-electron chi connectivity index (χ0n) is 15.9. The highest BCUT2D eigenvalue weighted by Crippen LogP contribution is 2.30. The van der Waals surface area contributed by atoms with E-state index in [2.05, 4.69) is 43.2 Å². The van der Waals surface area contributed by atoms with Crippen molar-refractivity contribution in [1.82, 2.24) is 19.7 Å². The molecule has 0 spiro atoms. The van der Waals surface area contributed by atoms with Crippen LogP contribution in [-0.4, -0.2) is 19.7 Å². The first-order chi connectivity index (χ1) is 13.6. The van der Waals surface area contributed by atoms with Crippen LogP contribution < -0.4 is 0 Å². The Morgan fingerprint density at radius 3 is 2.46 bits per heavy atom. The molecule has 1 aromatic carbocycles. The molecule has 0 atom stereocenters. The maximum Gasteiger partial charge on any atom is 0.169 e. The largest absolute Gasteiger partial charge is 0.268 e. The van der Waals surface area contributed by atoms with E-state index in [1.807, 2.05) is 29.1 Å². The van der Waals surface area contributed by atoms with Crippen LogP contribution in [0.1, 0.15) is 35.0 Å². The highest BCUT2D eigenvalue weighted by molar-refractivity contribution is 7.19. The van der Waals surface area contributed by atoms with Crippen LogP contribution in [0.4, 0.5) is 0 Å². The highest BCUT2D eigenvalue weighted by atomic mass is 35.5. The molecule has 0 aliphatic rings. The Morgan fingerprint density at radius 1 is 1.04 bits per heavy atom. The second-order valence-electron chi connectivity index (χ2n) is 6.71. The summed E-state index contributed by atoms with van der Waals surface area (Å²) in [7, 11) is 0. The molecule has 28 heavy (non-hydrogen) atoms. The quantitative estimate of drug-likeness (QED) is 0.419. The molecule has 0 bridgehead atoms. The van der Waals surface area contributed by atoms with Crippen LogP contribution in [0.5, 0.6) is 0 Å². The number of hydrogen-bond donors (Lipinski definition) is 0. The maximum absolute atomic E-state index is 6.10. The lowest BCUT2D eigenvalue weighted by atomic mass is 10.0. The normalized spacial score (nSPS) is 11.1. The lowest BCUT2D eigenvalue weighted by Crippen LogP contribution is -2.06. The monoisotopic (exact) mass is 408 g/mol. The number of halogens is 1. The fourth-order valence-electron chi connectivity index (χ4n) is 3.34. The summed E-state index contributed by atoms with van der Waals surface area (Å²) in [5.74, 6) is 0.761. The predicted octanol–water partition coefficient (Wildman–Crippen LogP) is 5.56. The van der Waals surface area contributed by atoms with Gasteiger partial charge in [-0.25, -0.2) is 9.97 Å². The van der Waals surface area contributed by atoms with Crippen LogP contribution in [0, 0.1) is 6.92 Å². The standard InChI is InChI=1S/C22H21ClN4S/c1-3-18-15(2)25-22(20-9-10-21(23)28-20)26-19(18)13-16-5-7-17(8-6-16)14-27-12-4-11-24-27/h4-12H,3,13-14H2,1-2H3. The van der Waals surface area contributed by atoms with Gasteiger partial charge in [0.05, 0.1) is 21.5 Å². The van der Waals surface area contributed by atoms with Gasteiger partial charge in [0.1, 0.15) is 0 Å². The molecule has 0 amide bonds.